The van der Waals surface area contributed by atoms with E-state index in [1.807, 2.05) is 19.9 Å². The lowest BCUT2D eigenvalue weighted by atomic mass is 10.2. The van der Waals surface area contributed by atoms with Crippen molar-refractivity contribution in [3.63, 3.8) is 0 Å². The van der Waals surface area contributed by atoms with Crippen molar-refractivity contribution >= 4 is 5.82 Å². The first-order chi connectivity index (χ1) is 8.31. The quantitative estimate of drug-likeness (QED) is 0.895. The Morgan fingerprint density at radius 1 is 1.17 bits per heavy atom. The third kappa shape index (κ3) is 5.50. The lowest BCUT2D eigenvalue weighted by molar-refractivity contribution is 0.185. The minimum atomic E-state index is 0.634. The monoisotopic (exact) mass is 251 g/mol. The summed E-state index contributed by atoms with van der Waals surface area (Å²) in [5.74, 6) is 0.634. The highest BCUT2D eigenvalue weighted by Crippen LogP contribution is 2.09. The zero-order chi connectivity index (χ0) is 14.3. The maximum Gasteiger partial charge on any atom is 0.126 e. The van der Waals surface area contributed by atoms with Crippen molar-refractivity contribution in [2.75, 3.05) is 12.3 Å². The number of aryl methyl sites for hydroxylation is 1. The maximum atomic E-state index is 5.51. The predicted molar refractivity (Wildman–Crippen MR) is 80.8 cm³/mol. The van der Waals surface area contributed by atoms with Gasteiger partial charge in [0, 0.05) is 18.3 Å². The van der Waals surface area contributed by atoms with Crippen molar-refractivity contribution in [1.82, 2.24) is 9.88 Å². The van der Waals surface area contributed by atoms with Crippen molar-refractivity contribution in [2.45, 2.75) is 60.5 Å². The molecule has 0 aromatic carbocycles. The van der Waals surface area contributed by atoms with E-state index >= 15 is 0 Å². The Morgan fingerprint density at radius 3 is 1.89 bits per heavy atom. The molecule has 0 fully saturated rings. The van der Waals surface area contributed by atoms with Crippen LogP contribution in [0.15, 0.2) is 12.3 Å². The first kappa shape index (κ1) is 16.9. The van der Waals surface area contributed by atoms with E-state index in [-0.39, 0.29) is 0 Å². The molecule has 104 valence electrons. The van der Waals surface area contributed by atoms with Crippen LogP contribution in [-0.4, -0.2) is 28.5 Å². The third-order valence-corrected chi connectivity index (χ3v) is 3.21. The zero-order valence-electron chi connectivity index (χ0n) is 13.0. The Labute approximate surface area is 112 Å². The van der Waals surface area contributed by atoms with Gasteiger partial charge in [-0.3, -0.25) is 4.90 Å². The van der Waals surface area contributed by atoms with Crippen LogP contribution < -0.4 is 5.73 Å². The molecule has 3 heteroatoms. The number of nitrogens with two attached hydrogens (primary N) is 1. The number of hydrogen-bond donors (Lipinski definition) is 1. The molecule has 1 aromatic heterocycles. The van der Waals surface area contributed by atoms with Gasteiger partial charge in [0.15, 0.2) is 0 Å². The molecule has 1 rings (SSSR count). The summed E-state index contributed by atoms with van der Waals surface area (Å²) in [5, 5.41) is 0. The summed E-state index contributed by atoms with van der Waals surface area (Å²) >= 11 is 0. The summed E-state index contributed by atoms with van der Waals surface area (Å²) in [6.07, 6.45) is 1.72. The molecule has 0 aliphatic rings. The SMILES string of the molecule is CCN(C(C)C)C(C)C.Cc1ccnc(N)c1C. The Morgan fingerprint density at radius 2 is 1.67 bits per heavy atom. The van der Waals surface area contributed by atoms with E-state index in [4.69, 9.17) is 5.73 Å². The fourth-order valence-corrected chi connectivity index (χ4v) is 1.98. The van der Waals surface area contributed by atoms with Crippen LogP contribution in [0.5, 0.6) is 0 Å². The Balaban J connectivity index is 0.000000321. The fourth-order valence-electron chi connectivity index (χ4n) is 1.98. The lowest BCUT2D eigenvalue weighted by Crippen LogP contribution is -2.36. The largest absolute Gasteiger partial charge is 0.383 e. The van der Waals surface area contributed by atoms with Gasteiger partial charge in [-0.25, -0.2) is 4.98 Å². The van der Waals surface area contributed by atoms with Crippen LogP contribution in [0.25, 0.3) is 0 Å². The van der Waals surface area contributed by atoms with Crippen LogP contribution in [-0.2, 0) is 0 Å². The summed E-state index contributed by atoms with van der Waals surface area (Å²) in [4.78, 5) is 6.38. The topological polar surface area (TPSA) is 42.2 Å². The van der Waals surface area contributed by atoms with Crippen molar-refractivity contribution < 1.29 is 0 Å². The Hall–Kier alpha value is -1.09. The van der Waals surface area contributed by atoms with E-state index in [1.165, 1.54) is 5.56 Å². The number of nitrogen functional groups attached to an aromatic ring is 1. The Kier molecular flexibility index (Phi) is 7.60. The molecule has 0 spiro atoms. The van der Waals surface area contributed by atoms with Crippen LogP contribution in [0.2, 0.25) is 0 Å². The molecular weight excluding hydrogens is 222 g/mol. The van der Waals surface area contributed by atoms with Gasteiger partial charge in [-0.1, -0.05) is 6.92 Å². The van der Waals surface area contributed by atoms with Gasteiger partial charge in [0.05, 0.1) is 0 Å². The predicted octanol–water partition coefficient (Wildman–Crippen LogP) is 3.41. The molecule has 0 atom stereocenters. The minimum Gasteiger partial charge on any atom is -0.383 e. The number of nitrogens with zero attached hydrogens (tertiary/aromatic N) is 2. The van der Waals surface area contributed by atoms with E-state index in [2.05, 4.69) is 44.5 Å². The highest BCUT2D eigenvalue weighted by atomic mass is 15.2. The highest BCUT2D eigenvalue weighted by molar-refractivity contribution is 5.42. The van der Waals surface area contributed by atoms with Gasteiger partial charge in [0.25, 0.3) is 0 Å². The van der Waals surface area contributed by atoms with Crippen LogP contribution in [0, 0.1) is 13.8 Å². The number of aromatic nitrogens is 1. The second kappa shape index (κ2) is 8.09. The van der Waals surface area contributed by atoms with E-state index in [0.29, 0.717) is 17.9 Å². The van der Waals surface area contributed by atoms with Gasteiger partial charge in [-0.15, -0.1) is 0 Å². The average molecular weight is 251 g/mol. The fraction of sp³-hybridized carbons (Fsp3) is 0.667. The maximum absolute atomic E-state index is 5.51. The second-order valence-electron chi connectivity index (χ2n) is 5.16. The molecular formula is C15H29N3. The number of hydrogen-bond acceptors (Lipinski definition) is 3. The summed E-state index contributed by atoms with van der Waals surface area (Å²) in [7, 11) is 0. The van der Waals surface area contributed by atoms with Gasteiger partial charge in [0.1, 0.15) is 5.82 Å². The van der Waals surface area contributed by atoms with E-state index in [0.717, 1.165) is 12.1 Å². The molecule has 3 nitrogen and oxygen atoms in total. The molecule has 0 radical (unpaired) electrons. The first-order valence-corrected chi connectivity index (χ1v) is 6.74. The summed E-state index contributed by atoms with van der Waals surface area (Å²) < 4.78 is 0. The van der Waals surface area contributed by atoms with Gasteiger partial charge < -0.3 is 5.73 Å². The summed E-state index contributed by atoms with van der Waals surface area (Å²) in [5.41, 5.74) is 7.79. The van der Waals surface area contributed by atoms with Crippen molar-refractivity contribution in [3.05, 3.63) is 23.4 Å². The minimum absolute atomic E-state index is 0.634. The zero-order valence-corrected chi connectivity index (χ0v) is 13.0. The van der Waals surface area contributed by atoms with E-state index < -0.39 is 0 Å². The van der Waals surface area contributed by atoms with Crippen molar-refractivity contribution in [3.8, 4) is 0 Å². The first-order valence-electron chi connectivity index (χ1n) is 6.74. The molecule has 0 unspecified atom stereocenters. The van der Waals surface area contributed by atoms with Crippen molar-refractivity contribution in [2.24, 2.45) is 0 Å². The standard InChI is InChI=1S/C8H19N.C7H10N2/c1-6-9(7(2)3)8(4)5;1-5-3-4-9-7(8)6(5)2/h7-8H,6H2,1-5H3;3-4H,1-2H3,(H2,8,9). The van der Waals surface area contributed by atoms with Crippen LogP contribution in [0.4, 0.5) is 5.82 Å². The Bertz CT molecular complexity index is 317. The molecule has 2 N–H and O–H groups in total. The molecule has 1 aromatic rings. The van der Waals surface area contributed by atoms with E-state index in [1.54, 1.807) is 6.20 Å². The van der Waals surface area contributed by atoms with Gasteiger partial charge in [-0.05, 0) is 65.3 Å². The smallest absolute Gasteiger partial charge is 0.126 e. The number of anilines is 1. The van der Waals surface area contributed by atoms with Gasteiger partial charge in [0.2, 0.25) is 0 Å². The van der Waals surface area contributed by atoms with Crippen molar-refractivity contribution in [1.29, 1.82) is 0 Å². The molecule has 0 aliphatic heterocycles. The van der Waals surface area contributed by atoms with Gasteiger partial charge >= 0.3 is 0 Å². The molecule has 1 heterocycles. The molecule has 0 bridgehead atoms. The highest BCUT2D eigenvalue weighted by Gasteiger charge is 2.08. The van der Waals surface area contributed by atoms with E-state index in [9.17, 15) is 0 Å². The third-order valence-electron chi connectivity index (χ3n) is 3.21. The normalized spacial score (nSPS) is 10.8. The molecule has 18 heavy (non-hydrogen) atoms. The molecule has 0 aliphatic carbocycles. The lowest BCUT2D eigenvalue weighted by Gasteiger charge is -2.28. The average Bonchev–Trinajstić information content (AvgIpc) is 2.26. The number of pyridine rings is 1. The molecule has 0 saturated heterocycles. The second-order valence-corrected chi connectivity index (χ2v) is 5.16. The van der Waals surface area contributed by atoms with Crippen LogP contribution in [0.3, 0.4) is 0 Å². The summed E-state index contributed by atoms with van der Waals surface area (Å²) in [6.45, 7) is 16.3. The molecule has 0 saturated carbocycles. The molecule has 0 amide bonds. The van der Waals surface area contributed by atoms with Crippen LogP contribution in [0.1, 0.15) is 45.7 Å². The summed E-state index contributed by atoms with van der Waals surface area (Å²) in [6, 6.07) is 3.33. The number of rotatable bonds is 3. The van der Waals surface area contributed by atoms with Crippen LogP contribution >= 0.6 is 0 Å². The van der Waals surface area contributed by atoms with Gasteiger partial charge in [-0.2, -0.15) is 0 Å².